The Bertz CT molecular complexity index is 677. The van der Waals surface area contributed by atoms with Crippen LogP contribution in [0.1, 0.15) is 30.0 Å². The molecule has 130 valence electrons. The Hall–Kier alpha value is -1.85. The molecule has 0 spiro atoms. The number of hydrogen-bond donors (Lipinski definition) is 1. The van der Waals surface area contributed by atoms with E-state index >= 15 is 0 Å². The number of piperazine rings is 1. The first-order valence-corrected chi connectivity index (χ1v) is 8.54. The molecule has 1 aromatic heterocycles. The average Bonchev–Trinajstić information content (AvgIpc) is 2.99. The Morgan fingerprint density at radius 1 is 1.17 bits per heavy atom. The normalized spacial score (nSPS) is 17.2. The molecular weight excluding hydrogens is 305 g/mol. The molecule has 1 atom stereocenters. The van der Waals surface area contributed by atoms with Gasteiger partial charge in [-0.25, -0.2) is 4.39 Å². The Balaban J connectivity index is 1.74. The van der Waals surface area contributed by atoms with Crippen LogP contribution in [-0.4, -0.2) is 38.1 Å². The number of benzene rings is 1. The molecule has 2 heterocycles. The van der Waals surface area contributed by atoms with E-state index in [4.69, 9.17) is 4.42 Å². The molecule has 0 radical (unpaired) electrons. The lowest BCUT2D eigenvalue weighted by molar-refractivity contribution is 0.312. The molecule has 0 bridgehead atoms. The fourth-order valence-electron chi connectivity index (χ4n) is 3.15. The maximum Gasteiger partial charge on any atom is 0.123 e. The second-order valence-electron chi connectivity index (χ2n) is 6.61. The molecule has 1 fully saturated rings. The lowest BCUT2D eigenvalue weighted by Gasteiger charge is -2.36. The fourth-order valence-corrected chi connectivity index (χ4v) is 3.15. The van der Waals surface area contributed by atoms with E-state index in [0.717, 1.165) is 49.0 Å². The number of hydrogen-bond acceptors (Lipinski definition) is 4. The topological polar surface area (TPSA) is 31.6 Å². The summed E-state index contributed by atoms with van der Waals surface area (Å²) in [6.45, 7) is 8.65. The van der Waals surface area contributed by atoms with E-state index in [2.05, 4.69) is 29.1 Å². The van der Waals surface area contributed by atoms with Gasteiger partial charge in [0.25, 0.3) is 0 Å². The Morgan fingerprint density at radius 3 is 2.58 bits per heavy atom. The molecule has 1 saturated heterocycles. The second-order valence-corrected chi connectivity index (χ2v) is 6.61. The van der Waals surface area contributed by atoms with Crippen molar-refractivity contribution >= 4 is 5.69 Å². The number of anilines is 1. The number of rotatable bonds is 5. The van der Waals surface area contributed by atoms with E-state index in [1.54, 1.807) is 12.1 Å². The molecular formula is C19H26FN3O. The number of nitrogens with one attached hydrogen (secondary N) is 1. The first-order chi connectivity index (χ1) is 11.5. The zero-order chi connectivity index (χ0) is 17.1. The van der Waals surface area contributed by atoms with Gasteiger partial charge in [-0.3, -0.25) is 0 Å². The van der Waals surface area contributed by atoms with Crippen molar-refractivity contribution in [2.75, 3.05) is 38.1 Å². The number of nitrogens with zero attached hydrogens (tertiary/aromatic N) is 2. The molecule has 0 amide bonds. The Labute approximate surface area is 143 Å². The molecule has 4 nitrogen and oxygen atoms in total. The van der Waals surface area contributed by atoms with Crippen molar-refractivity contribution in [2.24, 2.45) is 0 Å². The maximum atomic E-state index is 13.8. The van der Waals surface area contributed by atoms with Gasteiger partial charge in [-0.15, -0.1) is 0 Å². The fraction of sp³-hybridized carbons (Fsp3) is 0.474. The van der Waals surface area contributed by atoms with E-state index in [0.29, 0.717) is 6.54 Å². The minimum Gasteiger partial charge on any atom is -0.465 e. The Kier molecular flexibility index (Phi) is 5.21. The summed E-state index contributed by atoms with van der Waals surface area (Å²) in [6.07, 6.45) is 0. The molecule has 1 aliphatic heterocycles. The first kappa shape index (κ1) is 17.0. The molecule has 0 unspecified atom stereocenters. The van der Waals surface area contributed by atoms with Crippen LogP contribution >= 0.6 is 0 Å². The number of aryl methyl sites for hydroxylation is 1. The third-order valence-electron chi connectivity index (χ3n) is 4.68. The van der Waals surface area contributed by atoms with Crippen molar-refractivity contribution in [3.8, 4) is 0 Å². The van der Waals surface area contributed by atoms with Crippen LogP contribution in [0.3, 0.4) is 0 Å². The minimum absolute atomic E-state index is 0.0424. The van der Waals surface area contributed by atoms with Crippen LogP contribution in [0.15, 0.2) is 34.7 Å². The van der Waals surface area contributed by atoms with Crippen molar-refractivity contribution in [3.05, 3.63) is 53.2 Å². The van der Waals surface area contributed by atoms with Gasteiger partial charge in [0.15, 0.2) is 0 Å². The highest BCUT2D eigenvalue weighted by atomic mass is 19.1. The lowest BCUT2D eigenvalue weighted by atomic mass is 10.0. The summed E-state index contributed by atoms with van der Waals surface area (Å²) in [5, 5.41) is 3.45. The SMILES string of the molecule is Cc1ccc(CN[C@@H](C)c2cc(F)ccc2N2CCN(C)CC2)o1. The lowest BCUT2D eigenvalue weighted by Crippen LogP contribution is -2.45. The van der Waals surface area contributed by atoms with E-state index < -0.39 is 0 Å². The number of halogens is 1. The highest BCUT2D eigenvalue weighted by Gasteiger charge is 2.20. The first-order valence-electron chi connectivity index (χ1n) is 8.54. The molecule has 0 saturated carbocycles. The van der Waals surface area contributed by atoms with Crippen molar-refractivity contribution in [1.82, 2.24) is 10.2 Å². The van der Waals surface area contributed by atoms with Gasteiger partial charge in [0.2, 0.25) is 0 Å². The third kappa shape index (κ3) is 3.97. The molecule has 0 aliphatic carbocycles. The minimum atomic E-state index is -0.189. The second kappa shape index (κ2) is 7.36. The molecule has 5 heteroatoms. The van der Waals surface area contributed by atoms with Gasteiger partial charge in [0.1, 0.15) is 17.3 Å². The van der Waals surface area contributed by atoms with Crippen molar-refractivity contribution < 1.29 is 8.81 Å². The van der Waals surface area contributed by atoms with Crippen LogP contribution in [0.4, 0.5) is 10.1 Å². The predicted octanol–water partition coefficient (Wildman–Crippen LogP) is 3.33. The highest BCUT2D eigenvalue weighted by Crippen LogP contribution is 2.28. The van der Waals surface area contributed by atoms with Gasteiger partial charge in [0, 0.05) is 37.9 Å². The zero-order valence-electron chi connectivity index (χ0n) is 14.7. The molecule has 24 heavy (non-hydrogen) atoms. The van der Waals surface area contributed by atoms with E-state index in [9.17, 15) is 4.39 Å². The summed E-state index contributed by atoms with van der Waals surface area (Å²) in [5.41, 5.74) is 2.13. The number of furan rings is 1. The van der Waals surface area contributed by atoms with Gasteiger partial charge < -0.3 is 19.5 Å². The van der Waals surface area contributed by atoms with Crippen molar-refractivity contribution in [1.29, 1.82) is 0 Å². The standard InChI is InChI=1S/C19H26FN3O/c1-14-4-6-17(24-14)13-21-15(2)18-12-16(20)5-7-19(18)23-10-8-22(3)9-11-23/h4-7,12,15,21H,8-11,13H2,1-3H3/t15-/m0/s1. The third-order valence-corrected chi connectivity index (χ3v) is 4.68. The molecule has 1 aromatic carbocycles. The smallest absolute Gasteiger partial charge is 0.123 e. The summed E-state index contributed by atoms with van der Waals surface area (Å²) in [6, 6.07) is 9.09. The van der Waals surface area contributed by atoms with Gasteiger partial charge in [-0.2, -0.15) is 0 Å². The average molecular weight is 331 g/mol. The molecule has 1 N–H and O–H groups in total. The van der Waals surface area contributed by atoms with Crippen molar-refractivity contribution in [3.63, 3.8) is 0 Å². The molecule has 3 rings (SSSR count). The quantitative estimate of drug-likeness (QED) is 0.911. The maximum absolute atomic E-state index is 13.8. The zero-order valence-corrected chi connectivity index (χ0v) is 14.7. The summed E-state index contributed by atoms with van der Waals surface area (Å²) in [4.78, 5) is 4.67. The summed E-state index contributed by atoms with van der Waals surface area (Å²) >= 11 is 0. The highest BCUT2D eigenvalue weighted by molar-refractivity contribution is 5.55. The predicted molar refractivity (Wildman–Crippen MR) is 94.8 cm³/mol. The van der Waals surface area contributed by atoms with Gasteiger partial charge >= 0.3 is 0 Å². The van der Waals surface area contributed by atoms with Gasteiger partial charge in [-0.1, -0.05) is 0 Å². The summed E-state index contributed by atoms with van der Waals surface area (Å²) < 4.78 is 19.4. The summed E-state index contributed by atoms with van der Waals surface area (Å²) in [5.74, 6) is 1.62. The van der Waals surface area contributed by atoms with Crippen LogP contribution in [-0.2, 0) is 6.54 Å². The summed E-state index contributed by atoms with van der Waals surface area (Å²) in [7, 11) is 2.14. The van der Waals surface area contributed by atoms with E-state index in [1.165, 1.54) is 0 Å². The monoisotopic (exact) mass is 331 g/mol. The van der Waals surface area contributed by atoms with Crippen LogP contribution in [0, 0.1) is 12.7 Å². The van der Waals surface area contributed by atoms with Crippen LogP contribution in [0.5, 0.6) is 0 Å². The van der Waals surface area contributed by atoms with Crippen molar-refractivity contribution in [2.45, 2.75) is 26.4 Å². The van der Waals surface area contributed by atoms with Crippen LogP contribution in [0.25, 0.3) is 0 Å². The Morgan fingerprint density at radius 2 is 1.92 bits per heavy atom. The van der Waals surface area contributed by atoms with Crippen LogP contribution < -0.4 is 10.2 Å². The van der Waals surface area contributed by atoms with E-state index in [-0.39, 0.29) is 11.9 Å². The molecule has 1 aliphatic rings. The van der Waals surface area contributed by atoms with Gasteiger partial charge in [-0.05, 0) is 56.8 Å². The largest absolute Gasteiger partial charge is 0.465 e. The number of likely N-dealkylation sites (N-methyl/N-ethyl adjacent to an activating group) is 1. The molecule has 2 aromatic rings. The van der Waals surface area contributed by atoms with E-state index in [1.807, 2.05) is 25.1 Å². The van der Waals surface area contributed by atoms with Crippen LogP contribution in [0.2, 0.25) is 0 Å². The van der Waals surface area contributed by atoms with Gasteiger partial charge in [0.05, 0.1) is 6.54 Å².